The van der Waals surface area contributed by atoms with Crippen molar-refractivity contribution >= 4 is 21.4 Å². The first-order chi connectivity index (χ1) is 14.4. The Kier molecular flexibility index (Phi) is 5.66. The van der Waals surface area contributed by atoms with Gasteiger partial charge < -0.3 is 9.64 Å². The standard InChI is InChI=1S/C21H25N3O5S/c1-29-20-7-3-2-6-18(20)16-10-13-22(15-16)19-9-8-17(24(25)26)14-21(19)30(27,28)23-11-4-5-12-23/h2-3,6-9,14,16H,4-5,10-13,15H2,1H3. The van der Waals surface area contributed by atoms with Gasteiger partial charge in [0.15, 0.2) is 0 Å². The monoisotopic (exact) mass is 431 g/mol. The molecule has 2 heterocycles. The van der Waals surface area contributed by atoms with Crippen LogP contribution in [0.5, 0.6) is 5.75 Å². The van der Waals surface area contributed by atoms with E-state index in [-0.39, 0.29) is 16.5 Å². The van der Waals surface area contributed by atoms with Crippen LogP contribution in [0.4, 0.5) is 11.4 Å². The summed E-state index contributed by atoms with van der Waals surface area (Å²) in [5.41, 5.74) is 1.41. The number of nitro groups is 1. The number of rotatable bonds is 6. The number of benzene rings is 2. The van der Waals surface area contributed by atoms with E-state index in [9.17, 15) is 18.5 Å². The molecule has 2 aromatic carbocycles. The quantitative estimate of drug-likeness (QED) is 0.514. The highest BCUT2D eigenvalue weighted by Gasteiger charge is 2.35. The lowest BCUT2D eigenvalue weighted by Crippen LogP contribution is -2.30. The summed E-state index contributed by atoms with van der Waals surface area (Å²) in [6.07, 6.45) is 2.47. The van der Waals surface area contributed by atoms with Gasteiger partial charge in [-0.25, -0.2) is 8.42 Å². The van der Waals surface area contributed by atoms with E-state index in [1.54, 1.807) is 13.2 Å². The largest absolute Gasteiger partial charge is 0.496 e. The van der Waals surface area contributed by atoms with Crippen molar-refractivity contribution in [3.05, 3.63) is 58.1 Å². The molecule has 2 aromatic rings. The molecule has 30 heavy (non-hydrogen) atoms. The number of ether oxygens (including phenoxy) is 1. The minimum atomic E-state index is -3.80. The van der Waals surface area contributed by atoms with E-state index in [4.69, 9.17) is 4.74 Å². The Bertz CT molecular complexity index is 1050. The third-order valence-electron chi connectivity index (χ3n) is 5.94. The van der Waals surface area contributed by atoms with Crippen molar-refractivity contribution in [3.8, 4) is 5.75 Å². The number of nitro benzene ring substituents is 1. The number of nitrogens with zero attached hydrogens (tertiary/aromatic N) is 3. The number of para-hydroxylation sites is 1. The molecule has 2 fully saturated rings. The molecule has 0 spiro atoms. The third-order valence-corrected chi connectivity index (χ3v) is 7.87. The molecular weight excluding hydrogens is 406 g/mol. The number of methoxy groups -OCH3 is 1. The maximum Gasteiger partial charge on any atom is 0.270 e. The van der Waals surface area contributed by atoms with Gasteiger partial charge in [0, 0.05) is 44.2 Å². The molecule has 0 aliphatic carbocycles. The summed E-state index contributed by atoms with van der Waals surface area (Å²) in [4.78, 5) is 12.8. The van der Waals surface area contributed by atoms with Crippen molar-refractivity contribution in [2.75, 3.05) is 38.2 Å². The molecule has 0 aromatic heterocycles. The van der Waals surface area contributed by atoms with Crippen molar-refractivity contribution in [3.63, 3.8) is 0 Å². The molecule has 0 bridgehead atoms. The second-order valence-electron chi connectivity index (χ2n) is 7.69. The van der Waals surface area contributed by atoms with E-state index < -0.39 is 14.9 Å². The van der Waals surface area contributed by atoms with Gasteiger partial charge in [0.25, 0.3) is 5.69 Å². The van der Waals surface area contributed by atoms with Crippen LogP contribution in [0.2, 0.25) is 0 Å². The third kappa shape index (κ3) is 3.75. The lowest BCUT2D eigenvalue weighted by atomic mass is 9.97. The van der Waals surface area contributed by atoms with Crippen LogP contribution in [0.25, 0.3) is 0 Å². The van der Waals surface area contributed by atoms with Gasteiger partial charge in [-0.15, -0.1) is 0 Å². The van der Waals surface area contributed by atoms with Crippen molar-refractivity contribution < 1.29 is 18.1 Å². The summed E-state index contributed by atoms with van der Waals surface area (Å²) in [6.45, 7) is 2.20. The van der Waals surface area contributed by atoms with Crippen LogP contribution >= 0.6 is 0 Å². The molecule has 2 aliphatic rings. The van der Waals surface area contributed by atoms with Gasteiger partial charge in [0.05, 0.1) is 17.7 Å². The van der Waals surface area contributed by atoms with Gasteiger partial charge in [0.1, 0.15) is 10.6 Å². The number of sulfonamides is 1. The van der Waals surface area contributed by atoms with E-state index in [1.165, 1.54) is 16.4 Å². The van der Waals surface area contributed by atoms with Crippen molar-refractivity contribution in [2.45, 2.75) is 30.1 Å². The molecule has 0 saturated carbocycles. The second-order valence-corrected chi connectivity index (χ2v) is 9.60. The summed E-state index contributed by atoms with van der Waals surface area (Å²) >= 11 is 0. The van der Waals surface area contributed by atoms with E-state index >= 15 is 0 Å². The van der Waals surface area contributed by atoms with Gasteiger partial charge in [-0.2, -0.15) is 4.31 Å². The fourth-order valence-corrected chi connectivity index (χ4v) is 6.14. The Labute approximate surface area is 176 Å². The van der Waals surface area contributed by atoms with E-state index in [0.717, 1.165) is 30.6 Å². The average Bonchev–Trinajstić information content (AvgIpc) is 3.46. The van der Waals surface area contributed by atoms with Gasteiger partial charge in [-0.05, 0) is 37.0 Å². The molecule has 1 unspecified atom stereocenters. The molecular formula is C21H25N3O5S. The normalized spacial score (nSPS) is 19.9. The topological polar surface area (TPSA) is 93.0 Å². The van der Waals surface area contributed by atoms with E-state index in [0.29, 0.717) is 31.9 Å². The first kappa shape index (κ1) is 20.6. The van der Waals surface area contributed by atoms with Crippen LogP contribution in [0.1, 0.15) is 30.7 Å². The zero-order valence-corrected chi connectivity index (χ0v) is 17.7. The summed E-state index contributed by atoms with van der Waals surface area (Å²) in [5.74, 6) is 1.01. The number of hydrogen-bond acceptors (Lipinski definition) is 6. The highest BCUT2D eigenvalue weighted by atomic mass is 32.2. The molecule has 1 atom stereocenters. The van der Waals surface area contributed by atoms with Crippen molar-refractivity contribution in [1.29, 1.82) is 0 Å². The Morgan fingerprint density at radius 3 is 2.53 bits per heavy atom. The fraction of sp³-hybridized carbons (Fsp3) is 0.429. The first-order valence-electron chi connectivity index (χ1n) is 10.1. The second kappa shape index (κ2) is 8.23. The summed E-state index contributed by atoms with van der Waals surface area (Å²) in [7, 11) is -2.15. The van der Waals surface area contributed by atoms with Crippen LogP contribution in [0, 0.1) is 10.1 Å². The smallest absolute Gasteiger partial charge is 0.270 e. The Hall–Kier alpha value is -2.65. The van der Waals surface area contributed by atoms with Crippen molar-refractivity contribution in [2.24, 2.45) is 0 Å². The Balaban J connectivity index is 1.70. The zero-order chi connectivity index (χ0) is 21.3. The molecule has 2 saturated heterocycles. The maximum absolute atomic E-state index is 13.3. The molecule has 160 valence electrons. The molecule has 0 radical (unpaired) electrons. The molecule has 0 amide bonds. The summed E-state index contributed by atoms with van der Waals surface area (Å²) < 4.78 is 33.5. The van der Waals surface area contributed by atoms with Gasteiger partial charge in [-0.3, -0.25) is 10.1 Å². The molecule has 4 rings (SSSR count). The summed E-state index contributed by atoms with van der Waals surface area (Å²) in [5, 5.41) is 11.3. The minimum absolute atomic E-state index is 0.0271. The lowest BCUT2D eigenvalue weighted by molar-refractivity contribution is -0.385. The van der Waals surface area contributed by atoms with Crippen molar-refractivity contribution in [1.82, 2.24) is 4.31 Å². The Morgan fingerprint density at radius 1 is 1.10 bits per heavy atom. The van der Waals surface area contributed by atoms with Crippen LogP contribution in [-0.2, 0) is 10.0 Å². The SMILES string of the molecule is COc1ccccc1C1CCN(c2ccc([N+](=O)[O-])cc2S(=O)(=O)N2CCCC2)C1. The Morgan fingerprint density at radius 2 is 1.83 bits per heavy atom. The van der Waals surface area contributed by atoms with Crippen LogP contribution in [-0.4, -0.2) is 50.9 Å². The average molecular weight is 432 g/mol. The van der Waals surface area contributed by atoms with Gasteiger partial charge in [-0.1, -0.05) is 18.2 Å². The lowest BCUT2D eigenvalue weighted by Gasteiger charge is -2.24. The van der Waals surface area contributed by atoms with Crippen LogP contribution in [0.15, 0.2) is 47.4 Å². The molecule has 8 nitrogen and oxygen atoms in total. The highest BCUT2D eigenvalue weighted by Crippen LogP contribution is 2.39. The number of anilines is 1. The molecule has 2 aliphatic heterocycles. The maximum atomic E-state index is 13.3. The van der Waals surface area contributed by atoms with E-state index in [1.807, 2.05) is 29.2 Å². The van der Waals surface area contributed by atoms with Crippen LogP contribution in [0.3, 0.4) is 0 Å². The number of non-ortho nitro benzene ring substituents is 1. The number of hydrogen-bond donors (Lipinski definition) is 0. The molecule has 0 N–H and O–H groups in total. The first-order valence-corrected chi connectivity index (χ1v) is 11.5. The zero-order valence-electron chi connectivity index (χ0n) is 16.9. The van der Waals surface area contributed by atoms with Gasteiger partial charge >= 0.3 is 0 Å². The minimum Gasteiger partial charge on any atom is -0.496 e. The summed E-state index contributed by atoms with van der Waals surface area (Å²) in [6, 6.07) is 12.0. The van der Waals surface area contributed by atoms with E-state index in [2.05, 4.69) is 0 Å². The highest BCUT2D eigenvalue weighted by molar-refractivity contribution is 7.89. The van der Waals surface area contributed by atoms with Gasteiger partial charge in [0.2, 0.25) is 10.0 Å². The predicted molar refractivity (Wildman–Crippen MR) is 114 cm³/mol. The predicted octanol–water partition coefficient (Wildman–Crippen LogP) is 3.38. The van der Waals surface area contributed by atoms with Crippen LogP contribution < -0.4 is 9.64 Å². The molecule has 9 heteroatoms. The fourth-order valence-electron chi connectivity index (χ4n) is 4.39.